The second kappa shape index (κ2) is 9.16. The number of aliphatic hydroxyl groups is 2. The summed E-state index contributed by atoms with van der Waals surface area (Å²) in [6.07, 6.45) is -7.74. The maximum atomic E-state index is 14.3. The monoisotopic (exact) mass is 606 g/mol. The van der Waals surface area contributed by atoms with Crippen LogP contribution in [0.25, 0.3) is 22.3 Å². The Bertz CT molecular complexity index is 1530. The lowest BCUT2D eigenvalue weighted by atomic mass is 9.84. The number of urea groups is 1. The van der Waals surface area contributed by atoms with Crippen molar-refractivity contribution in [3.63, 3.8) is 0 Å². The Hall–Kier alpha value is -3.67. The molecule has 1 spiro atoms. The summed E-state index contributed by atoms with van der Waals surface area (Å²) in [6, 6.07) is 0.573. The number of pyridine rings is 1. The van der Waals surface area contributed by atoms with Gasteiger partial charge in [0.05, 0.1) is 48.2 Å². The van der Waals surface area contributed by atoms with Gasteiger partial charge in [-0.3, -0.25) is 14.8 Å². The minimum atomic E-state index is -4.84. The largest absolute Gasteiger partial charge is 0.417 e. The predicted octanol–water partition coefficient (Wildman–Crippen LogP) is 3.36. The molecule has 18 heteroatoms. The number of rotatable bonds is 5. The Morgan fingerprint density at radius 2 is 1.83 bits per heavy atom. The van der Waals surface area contributed by atoms with E-state index in [-0.39, 0.29) is 53.4 Å². The van der Waals surface area contributed by atoms with Crippen molar-refractivity contribution < 1.29 is 45.7 Å². The van der Waals surface area contributed by atoms with Gasteiger partial charge in [0.15, 0.2) is 17.1 Å². The Labute approximate surface area is 232 Å². The van der Waals surface area contributed by atoms with Crippen LogP contribution in [-0.2, 0) is 6.54 Å². The summed E-state index contributed by atoms with van der Waals surface area (Å²) in [7, 11) is 0. The molecule has 1 unspecified atom stereocenters. The topological polar surface area (TPSA) is 135 Å². The number of fused-ring (bicyclic) bond motifs is 1. The van der Waals surface area contributed by atoms with Crippen LogP contribution in [-0.4, -0.2) is 102 Å². The SMILES string of the molecule is O=C(Nc1cn[nH]c1-c1cc2c(cn1)c(N1CC(F)(CO)C1)nn2CC(F)(F)F)N1CCC(O)(C(F)(F)F)CC12CC2. The fourth-order valence-electron chi connectivity index (χ4n) is 5.77. The number of amides is 2. The van der Waals surface area contributed by atoms with Crippen molar-refractivity contribution in [3.05, 3.63) is 18.5 Å². The molecule has 2 aliphatic heterocycles. The number of aromatic amines is 1. The molecule has 1 atom stereocenters. The fraction of sp³-hybridized carbons (Fsp3) is 0.583. The van der Waals surface area contributed by atoms with E-state index in [0.717, 1.165) is 0 Å². The zero-order chi connectivity index (χ0) is 30.3. The number of anilines is 2. The average molecular weight is 607 g/mol. The maximum Gasteiger partial charge on any atom is 0.417 e. The molecule has 3 aliphatic rings. The van der Waals surface area contributed by atoms with Gasteiger partial charge >= 0.3 is 18.4 Å². The number of nitrogens with one attached hydrogen (secondary N) is 2. The summed E-state index contributed by atoms with van der Waals surface area (Å²) in [6.45, 7) is -3.07. The second-order valence-corrected chi connectivity index (χ2v) is 11.3. The Kier molecular flexibility index (Phi) is 6.21. The number of carbonyl (C=O) groups is 1. The van der Waals surface area contributed by atoms with Gasteiger partial charge in [0.1, 0.15) is 12.2 Å². The van der Waals surface area contributed by atoms with E-state index in [1.54, 1.807) is 0 Å². The van der Waals surface area contributed by atoms with Crippen molar-refractivity contribution >= 4 is 28.4 Å². The van der Waals surface area contributed by atoms with Crippen LogP contribution < -0.4 is 10.2 Å². The van der Waals surface area contributed by atoms with Crippen LogP contribution in [0.3, 0.4) is 0 Å². The van der Waals surface area contributed by atoms with E-state index in [9.17, 15) is 45.7 Å². The van der Waals surface area contributed by atoms with Crippen LogP contribution in [0.1, 0.15) is 25.7 Å². The van der Waals surface area contributed by atoms with Gasteiger partial charge in [-0.1, -0.05) is 0 Å². The van der Waals surface area contributed by atoms with Crippen LogP contribution in [0.4, 0.5) is 47.0 Å². The molecule has 6 rings (SSSR count). The lowest BCUT2D eigenvalue weighted by molar-refractivity contribution is -0.277. The fourth-order valence-corrected chi connectivity index (χ4v) is 5.77. The summed E-state index contributed by atoms with van der Waals surface area (Å²) in [4.78, 5) is 20.1. The Morgan fingerprint density at radius 1 is 1.12 bits per heavy atom. The third-order valence-electron chi connectivity index (χ3n) is 8.16. The maximum absolute atomic E-state index is 14.3. The molecule has 1 saturated carbocycles. The van der Waals surface area contributed by atoms with E-state index in [0.29, 0.717) is 17.5 Å². The summed E-state index contributed by atoms with van der Waals surface area (Å²) in [5, 5.41) is 32.7. The molecule has 5 heterocycles. The van der Waals surface area contributed by atoms with E-state index >= 15 is 0 Å². The van der Waals surface area contributed by atoms with Gasteiger partial charge in [0, 0.05) is 31.1 Å². The van der Waals surface area contributed by atoms with Crippen molar-refractivity contribution in [2.24, 2.45) is 0 Å². The van der Waals surface area contributed by atoms with Gasteiger partial charge in [-0.2, -0.15) is 36.5 Å². The van der Waals surface area contributed by atoms with Crippen LogP contribution in [0, 0.1) is 0 Å². The van der Waals surface area contributed by atoms with E-state index in [2.05, 4.69) is 25.6 Å². The first-order valence-corrected chi connectivity index (χ1v) is 13.0. The molecule has 228 valence electrons. The number of halogens is 7. The first-order chi connectivity index (χ1) is 19.6. The summed E-state index contributed by atoms with van der Waals surface area (Å²) >= 11 is 0. The standard InChI is InChI=1S/C24H25F7N8O3/c25-20(12-40)9-37(10-20)18-13-6-32-14(5-16(13)39(36-18)11-23(26,27)28)17-15(7-33-35-17)34-19(41)38-4-3-22(42,24(29,30)31)8-21(38)1-2-21/h5-7,40,42H,1-4,8-12H2,(H,33,35)(H,34,41). The molecular formula is C24H25F7N8O3. The van der Waals surface area contributed by atoms with Crippen LogP contribution >= 0.6 is 0 Å². The number of aromatic nitrogens is 5. The highest BCUT2D eigenvalue weighted by Gasteiger charge is 2.65. The molecule has 3 aromatic rings. The van der Waals surface area contributed by atoms with Crippen LogP contribution in [0.2, 0.25) is 0 Å². The van der Waals surface area contributed by atoms with Gasteiger partial charge in [0.2, 0.25) is 0 Å². The lowest BCUT2D eigenvalue weighted by Crippen LogP contribution is -2.61. The molecule has 0 aromatic carbocycles. The third kappa shape index (κ3) is 4.79. The van der Waals surface area contributed by atoms with Crippen LogP contribution in [0.5, 0.6) is 0 Å². The van der Waals surface area contributed by atoms with Gasteiger partial charge < -0.3 is 25.3 Å². The van der Waals surface area contributed by atoms with Gasteiger partial charge in [-0.15, -0.1) is 0 Å². The number of aliphatic hydroxyl groups excluding tert-OH is 1. The third-order valence-corrected chi connectivity index (χ3v) is 8.16. The zero-order valence-electron chi connectivity index (χ0n) is 21.7. The Balaban J connectivity index is 1.27. The number of alkyl halides is 7. The first-order valence-electron chi connectivity index (χ1n) is 13.0. The molecule has 1 aliphatic carbocycles. The zero-order valence-corrected chi connectivity index (χ0v) is 21.7. The van der Waals surface area contributed by atoms with Crippen molar-refractivity contribution in [2.45, 2.75) is 61.4 Å². The van der Waals surface area contributed by atoms with Gasteiger partial charge in [-0.25, -0.2) is 9.18 Å². The second-order valence-electron chi connectivity index (χ2n) is 11.3. The minimum absolute atomic E-state index is 0.0129. The molecule has 3 aromatic heterocycles. The highest BCUT2D eigenvalue weighted by Crippen LogP contribution is 2.55. The molecule has 42 heavy (non-hydrogen) atoms. The van der Waals surface area contributed by atoms with E-state index in [1.807, 2.05) is 0 Å². The molecule has 2 saturated heterocycles. The average Bonchev–Trinajstić information content (AvgIpc) is 3.32. The number of carbonyl (C=O) groups excluding carboxylic acids is 1. The van der Waals surface area contributed by atoms with E-state index in [1.165, 1.54) is 28.3 Å². The van der Waals surface area contributed by atoms with Gasteiger partial charge in [-0.05, 0) is 18.9 Å². The molecule has 3 fully saturated rings. The number of hydrogen-bond acceptors (Lipinski definition) is 7. The molecule has 2 amide bonds. The van der Waals surface area contributed by atoms with E-state index in [4.69, 9.17) is 0 Å². The molecular weight excluding hydrogens is 581 g/mol. The van der Waals surface area contributed by atoms with E-state index < -0.39 is 61.2 Å². The predicted molar refractivity (Wildman–Crippen MR) is 132 cm³/mol. The normalized spacial score (nSPS) is 23.4. The van der Waals surface area contributed by atoms with Crippen molar-refractivity contribution in [1.29, 1.82) is 0 Å². The van der Waals surface area contributed by atoms with Crippen molar-refractivity contribution in [1.82, 2.24) is 29.9 Å². The number of likely N-dealkylation sites (tertiary alicyclic amines) is 1. The smallest absolute Gasteiger partial charge is 0.393 e. The lowest BCUT2D eigenvalue weighted by Gasteiger charge is -2.45. The van der Waals surface area contributed by atoms with Gasteiger partial charge in [0.25, 0.3) is 0 Å². The highest BCUT2D eigenvalue weighted by atomic mass is 19.4. The summed E-state index contributed by atoms with van der Waals surface area (Å²) in [5.41, 5.74) is -5.64. The van der Waals surface area contributed by atoms with Crippen molar-refractivity contribution in [3.8, 4) is 11.4 Å². The Morgan fingerprint density at radius 3 is 2.45 bits per heavy atom. The number of piperidine rings is 1. The number of hydrogen-bond donors (Lipinski definition) is 4. The number of nitrogens with zero attached hydrogens (tertiary/aromatic N) is 6. The molecule has 0 radical (unpaired) electrons. The molecule has 4 N–H and O–H groups in total. The quantitative estimate of drug-likeness (QED) is 0.327. The molecule has 11 nitrogen and oxygen atoms in total. The minimum Gasteiger partial charge on any atom is -0.393 e. The highest BCUT2D eigenvalue weighted by molar-refractivity contribution is 5.96. The summed E-state index contributed by atoms with van der Waals surface area (Å²) in [5.74, 6) is 0.0619. The summed E-state index contributed by atoms with van der Waals surface area (Å²) < 4.78 is 95.4. The van der Waals surface area contributed by atoms with Crippen LogP contribution in [0.15, 0.2) is 18.5 Å². The molecule has 0 bridgehead atoms. The van der Waals surface area contributed by atoms with Crippen molar-refractivity contribution in [2.75, 3.05) is 36.5 Å². The first kappa shape index (κ1) is 28.4. The number of H-pyrrole nitrogens is 1.